The first kappa shape index (κ1) is 10.6. The number of benzene rings is 2. The molecule has 3 heteroatoms. The molecule has 2 aromatic carbocycles. The maximum absolute atomic E-state index is 10.3. The summed E-state index contributed by atoms with van der Waals surface area (Å²) < 4.78 is 0. The lowest BCUT2D eigenvalue weighted by Gasteiger charge is -2.04. The maximum Gasteiger partial charge on any atom is 0.317 e. The summed E-state index contributed by atoms with van der Waals surface area (Å²) in [5.74, 6) is -0.833. The minimum absolute atomic E-state index is 0.00712. The van der Waals surface area contributed by atoms with Crippen molar-refractivity contribution in [3.8, 4) is 0 Å². The highest BCUT2D eigenvalue weighted by Crippen LogP contribution is 2.15. The number of nitrogens with one attached hydrogen (secondary N) is 1. The van der Waals surface area contributed by atoms with Crippen molar-refractivity contribution in [3.63, 3.8) is 0 Å². The van der Waals surface area contributed by atoms with Crippen molar-refractivity contribution in [1.29, 1.82) is 0 Å². The molecular formula is C13H13NO2. The molecule has 0 aliphatic heterocycles. The molecule has 2 N–H and O–H groups in total. The number of hydrogen-bond donors (Lipinski definition) is 2. The van der Waals surface area contributed by atoms with E-state index in [1.807, 2.05) is 24.3 Å². The topological polar surface area (TPSA) is 49.3 Å². The molecule has 3 nitrogen and oxygen atoms in total. The van der Waals surface area contributed by atoms with Crippen molar-refractivity contribution in [2.75, 3.05) is 6.54 Å². The summed E-state index contributed by atoms with van der Waals surface area (Å²) in [4.78, 5) is 10.3. The molecule has 2 aromatic rings. The van der Waals surface area contributed by atoms with Crippen LogP contribution in [0.15, 0.2) is 42.5 Å². The van der Waals surface area contributed by atoms with Crippen molar-refractivity contribution >= 4 is 16.7 Å². The Balaban J connectivity index is 2.10. The monoisotopic (exact) mass is 215 g/mol. The molecule has 0 saturated heterocycles. The third kappa shape index (κ3) is 2.58. The molecular weight excluding hydrogens is 202 g/mol. The molecule has 0 heterocycles. The first-order chi connectivity index (χ1) is 7.75. The summed E-state index contributed by atoms with van der Waals surface area (Å²) in [6, 6.07) is 14.2. The average molecular weight is 215 g/mol. The Bertz CT molecular complexity index is 508. The summed E-state index contributed by atoms with van der Waals surface area (Å²) in [6.07, 6.45) is 0. The van der Waals surface area contributed by atoms with Crippen LogP contribution in [-0.4, -0.2) is 17.6 Å². The molecule has 16 heavy (non-hydrogen) atoms. The summed E-state index contributed by atoms with van der Waals surface area (Å²) in [7, 11) is 0. The van der Waals surface area contributed by atoms with Gasteiger partial charge in [-0.15, -0.1) is 0 Å². The van der Waals surface area contributed by atoms with Crippen LogP contribution >= 0.6 is 0 Å². The van der Waals surface area contributed by atoms with Gasteiger partial charge in [0.2, 0.25) is 0 Å². The summed E-state index contributed by atoms with van der Waals surface area (Å²) in [5, 5.41) is 13.7. The van der Waals surface area contributed by atoms with Gasteiger partial charge in [-0.2, -0.15) is 0 Å². The summed E-state index contributed by atoms with van der Waals surface area (Å²) in [6.45, 7) is 0.573. The second kappa shape index (κ2) is 4.77. The second-order valence-corrected chi connectivity index (χ2v) is 3.68. The summed E-state index contributed by atoms with van der Waals surface area (Å²) in [5.41, 5.74) is 1.10. The Morgan fingerprint density at radius 3 is 2.62 bits per heavy atom. The van der Waals surface area contributed by atoms with Crippen LogP contribution in [0.1, 0.15) is 5.56 Å². The molecule has 0 aliphatic carbocycles. The van der Waals surface area contributed by atoms with Crippen LogP contribution < -0.4 is 5.32 Å². The van der Waals surface area contributed by atoms with E-state index in [-0.39, 0.29) is 6.54 Å². The molecule has 82 valence electrons. The molecule has 0 bridgehead atoms. The fourth-order valence-electron chi connectivity index (χ4n) is 1.66. The Labute approximate surface area is 93.7 Å². The minimum atomic E-state index is -0.833. The lowest BCUT2D eigenvalue weighted by atomic mass is 10.1. The SMILES string of the molecule is O=C(O)CNCc1ccc2ccccc2c1. The van der Waals surface area contributed by atoms with Crippen LogP contribution in [0, 0.1) is 0 Å². The molecule has 0 aromatic heterocycles. The van der Waals surface area contributed by atoms with Crippen molar-refractivity contribution in [2.24, 2.45) is 0 Å². The largest absolute Gasteiger partial charge is 0.480 e. The van der Waals surface area contributed by atoms with E-state index in [1.54, 1.807) is 0 Å². The van der Waals surface area contributed by atoms with Crippen molar-refractivity contribution < 1.29 is 9.90 Å². The van der Waals surface area contributed by atoms with Gasteiger partial charge in [0.25, 0.3) is 0 Å². The molecule has 0 fully saturated rings. The van der Waals surface area contributed by atoms with Crippen LogP contribution in [0.5, 0.6) is 0 Å². The van der Waals surface area contributed by atoms with Gasteiger partial charge in [-0.05, 0) is 22.4 Å². The van der Waals surface area contributed by atoms with E-state index >= 15 is 0 Å². The van der Waals surface area contributed by atoms with Crippen molar-refractivity contribution in [3.05, 3.63) is 48.0 Å². The van der Waals surface area contributed by atoms with E-state index in [9.17, 15) is 4.79 Å². The molecule has 0 radical (unpaired) electrons. The summed E-state index contributed by atoms with van der Waals surface area (Å²) >= 11 is 0. The predicted molar refractivity (Wildman–Crippen MR) is 63.3 cm³/mol. The van der Waals surface area contributed by atoms with Gasteiger partial charge in [-0.1, -0.05) is 36.4 Å². The molecule has 2 rings (SSSR count). The number of hydrogen-bond acceptors (Lipinski definition) is 2. The Hall–Kier alpha value is -1.87. The van der Waals surface area contributed by atoms with Gasteiger partial charge in [0.15, 0.2) is 0 Å². The fourth-order valence-corrected chi connectivity index (χ4v) is 1.66. The zero-order valence-corrected chi connectivity index (χ0v) is 8.81. The highest BCUT2D eigenvalue weighted by atomic mass is 16.4. The molecule has 0 amide bonds. The lowest BCUT2D eigenvalue weighted by Crippen LogP contribution is -2.21. The van der Waals surface area contributed by atoms with Crippen LogP contribution in [0.2, 0.25) is 0 Å². The Morgan fingerprint density at radius 1 is 1.12 bits per heavy atom. The van der Waals surface area contributed by atoms with Gasteiger partial charge in [0.05, 0.1) is 6.54 Å². The zero-order chi connectivity index (χ0) is 11.4. The van der Waals surface area contributed by atoms with E-state index in [4.69, 9.17) is 5.11 Å². The number of rotatable bonds is 4. The third-order valence-corrected chi connectivity index (χ3v) is 2.42. The second-order valence-electron chi connectivity index (χ2n) is 3.68. The molecule has 0 spiro atoms. The number of fused-ring (bicyclic) bond motifs is 1. The van der Waals surface area contributed by atoms with E-state index in [2.05, 4.69) is 23.5 Å². The van der Waals surface area contributed by atoms with E-state index in [0.29, 0.717) is 6.54 Å². The zero-order valence-electron chi connectivity index (χ0n) is 8.81. The van der Waals surface area contributed by atoms with Gasteiger partial charge in [-0.3, -0.25) is 4.79 Å². The minimum Gasteiger partial charge on any atom is -0.480 e. The van der Waals surface area contributed by atoms with E-state index < -0.39 is 5.97 Å². The fraction of sp³-hybridized carbons (Fsp3) is 0.154. The van der Waals surface area contributed by atoms with E-state index in [0.717, 1.165) is 5.56 Å². The maximum atomic E-state index is 10.3. The number of carboxylic acid groups (broad SMARTS) is 1. The third-order valence-electron chi connectivity index (χ3n) is 2.42. The predicted octanol–water partition coefficient (Wildman–Crippen LogP) is 2.01. The normalized spacial score (nSPS) is 10.5. The molecule has 0 aliphatic rings. The van der Waals surface area contributed by atoms with E-state index in [1.165, 1.54) is 10.8 Å². The Kier molecular flexibility index (Phi) is 3.17. The first-order valence-electron chi connectivity index (χ1n) is 5.16. The van der Waals surface area contributed by atoms with Gasteiger partial charge in [0, 0.05) is 6.54 Å². The lowest BCUT2D eigenvalue weighted by molar-refractivity contribution is -0.135. The molecule has 0 saturated carbocycles. The quantitative estimate of drug-likeness (QED) is 0.820. The smallest absolute Gasteiger partial charge is 0.317 e. The highest BCUT2D eigenvalue weighted by Gasteiger charge is 1.98. The van der Waals surface area contributed by atoms with Crippen LogP contribution in [0.4, 0.5) is 0 Å². The average Bonchev–Trinajstić information content (AvgIpc) is 2.28. The number of carboxylic acids is 1. The van der Waals surface area contributed by atoms with Gasteiger partial charge >= 0.3 is 5.97 Å². The van der Waals surface area contributed by atoms with Crippen LogP contribution in [-0.2, 0) is 11.3 Å². The van der Waals surface area contributed by atoms with Crippen molar-refractivity contribution in [1.82, 2.24) is 5.32 Å². The van der Waals surface area contributed by atoms with Crippen LogP contribution in [0.3, 0.4) is 0 Å². The van der Waals surface area contributed by atoms with Gasteiger partial charge in [0.1, 0.15) is 0 Å². The first-order valence-corrected chi connectivity index (χ1v) is 5.16. The number of aliphatic carboxylic acids is 1. The number of carbonyl (C=O) groups is 1. The van der Waals surface area contributed by atoms with Gasteiger partial charge < -0.3 is 10.4 Å². The van der Waals surface area contributed by atoms with Crippen LogP contribution in [0.25, 0.3) is 10.8 Å². The molecule has 0 unspecified atom stereocenters. The Morgan fingerprint density at radius 2 is 1.88 bits per heavy atom. The highest BCUT2D eigenvalue weighted by molar-refractivity contribution is 5.83. The standard InChI is InChI=1S/C13H13NO2/c15-13(16)9-14-8-10-5-6-11-3-1-2-4-12(11)7-10/h1-7,14H,8-9H2,(H,15,16). The molecule has 0 atom stereocenters. The van der Waals surface area contributed by atoms with Crippen molar-refractivity contribution in [2.45, 2.75) is 6.54 Å². The van der Waals surface area contributed by atoms with Gasteiger partial charge in [-0.25, -0.2) is 0 Å².